The van der Waals surface area contributed by atoms with Crippen LogP contribution in [0.15, 0.2) is 12.7 Å². The van der Waals surface area contributed by atoms with Crippen molar-refractivity contribution in [3.05, 3.63) is 12.7 Å². The van der Waals surface area contributed by atoms with Gasteiger partial charge in [0.25, 0.3) is 0 Å². The van der Waals surface area contributed by atoms with E-state index in [1.807, 2.05) is 6.08 Å². The summed E-state index contributed by atoms with van der Waals surface area (Å²) in [6.07, 6.45) is 7.39. The molecule has 0 bridgehead atoms. The Labute approximate surface area is 57.1 Å². The van der Waals surface area contributed by atoms with Gasteiger partial charge in [-0.3, -0.25) is 0 Å². The number of rotatable bonds is 1. The zero-order chi connectivity index (χ0) is 6.53. The van der Waals surface area contributed by atoms with Crippen molar-refractivity contribution in [2.45, 2.75) is 31.7 Å². The van der Waals surface area contributed by atoms with Crippen LogP contribution in [0.25, 0.3) is 0 Å². The summed E-state index contributed by atoms with van der Waals surface area (Å²) in [5.41, 5.74) is 0. The molecule has 1 N–H and O–H groups in total. The molecule has 1 rings (SSSR count). The topological polar surface area (TPSA) is 12.0 Å². The average molecular weight is 125 g/mol. The minimum atomic E-state index is 0.590. The maximum Gasteiger partial charge on any atom is 0.0247 e. The molecule has 1 aliphatic heterocycles. The SMILES string of the molecule is C=CC1CCCCCN1. The molecular formula is C8H15N. The van der Waals surface area contributed by atoms with Crippen LogP contribution in [0, 0.1) is 0 Å². The fraction of sp³-hybridized carbons (Fsp3) is 0.750. The van der Waals surface area contributed by atoms with Crippen LogP contribution in [0.4, 0.5) is 0 Å². The quantitative estimate of drug-likeness (QED) is 0.526. The lowest BCUT2D eigenvalue weighted by atomic mass is 10.1. The van der Waals surface area contributed by atoms with Gasteiger partial charge in [0.05, 0.1) is 0 Å². The molecule has 9 heavy (non-hydrogen) atoms. The van der Waals surface area contributed by atoms with E-state index in [1.165, 1.54) is 32.2 Å². The third-order valence-electron chi connectivity index (χ3n) is 1.88. The van der Waals surface area contributed by atoms with E-state index in [-0.39, 0.29) is 0 Å². The van der Waals surface area contributed by atoms with Gasteiger partial charge in [-0.15, -0.1) is 6.58 Å². The molecule has 1 heteroatoms. The second-order valence-corrected chi connectivity index (χ2v) is 2.65. The third-order valence-corrected chi connectivity index (χ3v) is 1.88. The van der Waals surface area contributed by atoms with Gasteiger partial charge >= 0.3 is 0 Å². The molecule has 0 amide bonds. The maximum absolute atomic E-state index is 3.76. The molecule has 0 spiro atoms. The Morgan fingerprint density at radius 3 is 3.00 bits per heavy atom. The minimum Gasteiger partial charge on any atom is -0.311 e. The summed E-state index contributed by atoms with van der Waals surface area (Å²) in [4.78, 5) is 0. The zero-order valence-electron chi connectivity index (χ0n) is 5.90. The van der Waals surface area contributed by atoms with E-state index in [4.69, 9.17) is 0 Å². The lowest BCUT2D eigenvalue weighted by molar-refractivity contribution is 0.599. The van der Waals surface area contributed by atoms with Crippen LogP contribution >= 0.6 is 0 Å². The molecule has 0 aromatic heterocycles. The predicted molar refractivity (Wildman–Crippen MR) is 40.5 cm³/mol. The largest absolute Gasteiger partial charge is 0.311 e. The Morgan fingerprint density at radius 1 is 1.33 bits per heavy atom. The van der Waals surface area contributed by atoms with Crippen molar-refractivity contribution >= 4 is 0 Å². The van der Waals surface area contributed by atoms with Crippen molar-refractivity contribution in [2.75, 3.05) is 6.54 Å². The fourth-order valence-corrected chi connectivity index (χ4v) is 1.26. The molecule has 52 valence electrons. The molecule has 0 aromatic rings. The monoisotopic (exact) mass is 125 g/mol. The molecule has 0 saturated carbocycles. The minimum absolute atomic E-state index is 0.590. The van der Waals surface area contributed by atoms with Crippen molar-refractivity contribution in [3.8, 4) is 0 Å². The van der Waals surface area contributed by atoms with E-state index in [0.29, 0.717) is 6.04 Å². The Balaban J connectivity index is 2.26. The van der Waals surface area contributed by atoms with Gasteiger partial charge in [0.1, 0.15) is 0 Å². The van der Waals surface area contributed by atoms with Crippen LogP contribution < -0.4 is 5.32 Å². The van der Waals surface area contributed by atoms with Crippen LogP contribution in [0.3, 0.4) is 0 Å². The van der Waals surface area contributed by atoms with Gasteiger partial charge in [-0.1, -0.05) is 18.9 Å². The van der Waals surface area contributed by atoms with Crippen molar-refractivity contribution in [1.29, 1.82) is 0 Å². The molecule has 1 atom stereocenters. The Bertz CT molecular complexity index is 80.6. The van der Waals surface area contributed by atoms with Gasteiger partial charge in [0.2, 0.25) is 0 Å². The third kappa shape index (κ3) is 2.19. The first kappa shape index (κ1) is 6.81. The van der Waals surface area contributed by atoms with Gasteiger partial charge in [-0.2, -0.15) is 0 Å². The molecule has 0 aromatic carbocycles. The summed E-state index contributed by atoms with van der Waals surface area (Å²) < 4.78 is 0. The zero-order valence-corrected chi connectivity index (χ0v) is 5.90. The average Bonchev–Trinajstić information content (AvgIpc) is 2.13. The lowest BCUT2D eigenvalue weighted by Crippen LogP contribution is -2.25. The molecule has 0 radical (unpaired) electrons. The Kier molecular flexibility index (Phi) is 2.78. The Hall–Kier alpha value is -0.300. The van der Waals surface area contributed by atoms with Gasteiger partial charge in [-0.25, -0.2) is 0 Å². The normalized spacial score (nSPS) is 29.1. The van der Waals surface area contributed by atoms with Crippen LogP contribution in [0.2, 0.25) is 0 Å². The molecule has 1 unspecified atom stereocenters. The van der Waals surface area contributed by atoms with Gasteiger partial charge in [-0.05, 0) is 19.4 Å². The highest BCUT2D eigenvalue weighted by Crippen LogP contribution is 2.07. The lowest BCUT2D eigenvalue weighted by Gasteiger charge is -2.08. The summed E-state index contributed by atoms with van der Waals surface area (Å²) in [7, 11) is 0. The highest BCUT2D eigenvalue weighted by molar-refractivity contribution is 4.86. The Morgan fingerprint density at radius 2 is 2.22 bits per heavy atom. The fourth-order valence-electron chi connectivity index (χ4n) is 1.26. The van der Waals surface area contributed by atoms with E-state index in [9.17, 15) is 0 Å². The summed E-state index contributed by atoms with van der Waals surface area (Å²) in [6, 6.07) is 0.590. The van der Waals surface area contributed by atoms with E-state index in [1.54, 1.807) is 0 Å². The van der Waals surface area contributed by atoms with Crippen LogP contribution in [0.1, 0.15) is 25.7 Å². The van der Waals surface area contributed by atoms with E-state index >= 15 is 0 Å². The van der Waals surface area contributed by atoms with Crippen molar-refractivity contribution in [2.24, 2.45) is 0 Å². The second kappa shape index (κ2) is 3.67. The summed E-state index contributed by atoms with van der Waals surface area (Å²) >= 11 is 0. The molecule has 1 aliphatic rings. The van der Waals surface area contributed by atoms with Gasteiger partial charge in [0, 0.05) is 6.04 Å². The van der Waals surface area contributed by atoms with Crippen molar-refractivity contribution in [1.82, 2.24) is 5.32 Å². The van der Waals surface area contributed by atoms with Crippen LogP contribution in [0.5, 0.6) is 0 Å². The highest BCUT2D eigenvalue weighted by Gasteiger charge is 2.05. The number of hydrogen-bond acceptors (Lipinski definition) is 1. The summed E-state index contributed by atoms with van der Waals surface area (Å²) in [6.45, 7) is 4.94. The molecule has 1 fully saturated rings. The highest BCUT2D eigenvalue weighted by atomic mass is 14.9. The molecule has 1 nitrogen and oxygen atoms in total. The van der Waals surface area contributed by atoms with Crippen LogP contribution in [-0.2, 0) is 0 Å². The van der Waals surface area contributed by atoms with E-state index in [0.717, 1.165) is 0 Å². The van der Waals surface area contributed by atoms with Gasteiger partial charge < -0.3 is 5.32 Å². The summed E-state index contributed by atoms with van der Waals surface area (Å²) in [5, 5.41) is 3.41. The van der Waals surface area contributed by atoms with Crippen molar-refractivity contribution in [3.63, 3.8) is 0 Å². The van der Waals surface area contributed by atoms with Crippen molar-refractivity contribution < 1.29 is 0 Å². The standard InChI is InChI=1S/C8H15N/c1-2-8-6-4-3-5-7-9-8/h2,8-9H,1,3-7H2. The van der Waals surface area contributed by atoms with Crippen LogP contribution in [-0.4, -0.2) is 12.6 Å². The van der Waals surface area contributed by atoms with Gasteiger partial charge in [0.15, 0.2) is 0 Å². The molecule has 1 heterocycles. The second-order valence-electron chi connectivity index (χ2n) is 2.65. The smallest absolute Gasteiger partial charge is 0.0247 e. The van der Waals surface area contributed by atoms with E-state index < -0.39 is 0 Å². The van der Waals surface area contributed by atoms with E-state index in [2.05, 4.69) is 11.9 Å². The molecular weight excluding hydrogens is 110 g/mol. The first-order chi connectivity index (χ1) is 4.43. The first-order valence-electron chi connectivity index (χ1n) is 3.79. The molecule has 1 saturated heterocycles. The molecule has 0 aliphatic carbocycles. The first-order valence-corrected chi connectivity index (χ1v) is 3.79. The predicted octanol–water partition coefficient (Wildman–Crippen LogP) is 1.70. The maximum atomic E-state index is 3.76. The number of nitrogens with one attached hydrogen (secondary N) is 1. The number of hydrogen-bond donors (Lipinski definition) is 1. The summed E-state index contributed by atoms with van der Waals surface area (Å²) in [5.74, 6) is 0.